The van der Waals surface area contributed by atoms with Gasteiger partial charge in [0.25, 0.3) is 0 Å². The molecule has 0 heterocycles. The Hall–Kier alpha value is -0.0531. The van der Waals surface area contributed by atoms with E-state index in [1.54, 1.807) is 10.4 Å². The molecular weight excluding hydrogens is 555 g/mol. The van der Waals surface area contributed by atoms with Gasteiger partial charge in [0, 0.05) is 0 Å². The fourth-order valence-electron chi connectivity index (χ4n) is 4.33. The second-order valence-electron chi connectivity index (χ2n) is 11.3. The van der Waals surface area contributed by atoms with Crippen LogP contribution < -0.4 is 10.4 Å². The van der Waals surface area contributed by atoms with Crippen LogP contribution in [-0.4, -0.2) is 16.1 Å². The van der Waals surface area contributed by atoms with Gasteiger partial charge in [-0.25, -0.2) is 0 Å². The first-order chi connectivity index (χ1) is 15.4. The maximum absolute atomic E-state index is 4.93. The van der Waals surface area contributed by atoms with E-state index < -0.39 is 37.0 Å². The molecule has 0 bridgehead atoms. The van der Waals surface area contributed by atoms with Crippen molar-refractivity contribution in [1.29, 1.82) is 0 Å². The minimum atomic E-state index is -1.41. The summed E-state index contributed by atoms with van der Waals surface area (Å²) in [6.45, 7) is 21.9. The molecule has 0 aliphatic heterocycles. The molecule has 0 aliphatic carbocycles. The van der Waals surface area contributed by atoms with E-state index in [9.17, 15) is 0 Å². The van der Waals surface area contributed by atoms with E-state index in [4.69, 9.17) is 17.0 Å². The molecule has 180 valence electrons. The molecule has 0 amide bonds. The van der Waals surface area contributed by atoms with Gasteiger partial charge in [0.05, 0.1) is 16.1 Å². The summed E-state index contributed by atoms with van der Waals surface area (Å²) < 4.78 is 0. The minimum absolute atomic E-state index is 0.616. The number of hydrogen-bond donors (Lipinski definition) is 0. The summed E-state index contributed by atoms with van der Waals surface area (Å²) in [5.41, 5.74) is 5.97. The number of fused-ring (bicyclic) bond motifs is 1. The molecule has 3 aromatic rings. The number of halogens is 2. The van der Waals surface area contributed by atoms with Crippen LogP contribution in [0.2, 0.25) is 39.3 Å². The Kier molecular flexibility index (Phi) is 10.8. The van der Waals surface area contributed by atoms with Crippen LogP contribution in [0, 0.1) is 0 Å². The second kappa shape index (κ2) is 12.3. The number of hydrogen-bond acceptors (Lipinski definition) is 0. The average molecular weight is 596 g/mol. The summed E-state index contributed by atoms with van der Waals surface area (Å²) in [5, 5.41) is 6.08. The van der Waals surface area contributed by atoms with Crippen molar-refractivity contribution >= 4 is 54.3 Å². The molecule has 0 saturated heterocycles. The van der Waals surface area contributed by atoms with E-state index in [0.717, 1.165) is 6.42 Å². The average Bonchev–Trinajstić information content (AvgIpc) is 3.16. The molecule has 0 nitrogen and oxygen atoms in total. The first kappa shape index (κ1) is 29.2. The van der Waals surface area contributed by atoms with Crippen LogP contribution >= 0.6 is 17.0 Å². The number of rotatable bonds is 7. The summed E-state index contributed by atoms with van der Waals surface area (Å²) in [6.07, 6.45) is 3.53. The normalized spacial score (nSPS) is 12.9. The Morgan fingerprint density at radius 3 is 1.88 bits per heavy atom. The van der Waals surface area contributed by atoms with Gasteiger partial charge in [0.2, 0.25) is 0 Å². The van der Waals surface area contributed by atoms with Crippen LogP contribution in [0.25, 0.3) is 21.9 Å². The molecular formula is C28H41Cl2Si2Zr-. The molecule has 1 unspecified atom stereocenters. The van der Waals surface area contributed by atoms with Crippen molar-refractivity contribution in [2.24, 2.45) is 0 Å². The Labute approximate surface area is 223 Å². The Bertz CT molecular complexity index is 1030. The van der Waals surface area contributed by atoms with Crippen LogP contribution in [-0.2, 0) is 27.3 Å². The van der Waals surface area contributed by atoms with E-state index in [1.807, 2.05) is 0 Å². The van der Waals surface area contributed by atoms with Crippen molar-refractivity contribution in [3.63, 3.8) is 0 Å². The van der Waals surface area contributed by atoms with Crippen LogP contribution in [0.15, 0.2) is 42.5 Å². The first-order valence-corrected chi connectivity index (χ1v) is 25.5. The molecule has 3 aromatic carbocycles. The van der Waals surface area contributed by atoms with Gasteiger partial charge in [-0.2, -0.15) is 6.07 Å². The molecule has 0 radical (unpaired) electrons. The van der Waals surface area contributed by atoms with Crippen LogP contribution in [0.4, 0.5) is 0 Å². The molecule has 33 heavy (non-hydrogen) atoms. The van der Waals surface area contributed by atoms with Crippen molar-refractivity contribution in [1.82, 2.24) is 0 Å². The fourth-order valence-corrected chi connectivity index (χ4v) is 6.83. The van der Waals surface area contributed by atoms with Crippen molar-refractivity contribution in [2.75, 3.05) is 0 Å². The third-order valence-electron chi connectivity index (χ3n) is 6.65. The summed E-state index contributed by atoms with van der Waals surface area (Å²) in [7, 11) is 7.05. The second-order valence-corrected chi connectivity index (χ2v) is 25.2. The zero-order valence-corrected chi connectivity index (χ0v) is 28.0. The zero-order valence-electron chi connectivity index (χ0n) is 22.0. The fraction of sp³-hybridized carbons (Fsp3) is 0.464. The molecule has 0 N–H and O–H groups in total. The number of aryl methyl sites for hydroxylation is 1. The van der Waals surface area contributed by atoms with Crippen LogP contribution in [0.1, 0.15) is 50.7 Å². The van der Waals surface area contributed by atoms with Crippen molar-refractivity contribution in [3.05, 3.63) is 53.6 Å². The standard InChI is InChI=1S/C28H41Si2.2ClH.Zr/c1-10-12-21-13-14-22-15-23(20(3)11-2)18-27(22)28(21)24-16-25(29(4,5)6)19-26(17-24)30(7,8)9;;;/h13-20H,10-12H2,1-9H3;2*1H;/q-1;;;+2/p-2. The molecule has 3 rings (SSSR count). The predicted molar refractivity (Wildman–Crippen MR) is 155 cm³/mol. The SMILES string of the molecule is CCCc1ccc2[cH-]c(C(C)CC)cc2c1-c1cc([Si](C)(C)C)cc([Si](C)(C)C)c1.[Cl][Zr][Cl]. The van der Waals surface area contributed by atoms with E-state index in [1.165, 1.54) is 45.9 Å². The van der Waals surface area contributed by atoms with E-state index in [0.29, 0.717) is 5.92 Å². The van der Waals surface area contributed by atoms with Crippen molar-refractivity contribution in [3.8, 4) is 11.1 Å². The quantitative estimate of drug-likeness (QED) is 0.189. The summed E-state index contributed by atoms with van der Waals surface area (Å²) in [4.78, 5) is 0. The van der Waals surface area contributed by atoms with E-state index in [-0.39, 0.29) is 0 Å². The summed E-state index contributed by atoms with van der Waals surface area (Å²) in [6, 6.07) is 17.3. The van der Waals surface area contributed by atoms with Gasteiger partial charge < -0.3 is 0 Å². The van der Waals surface area contributed by atoms with Gasteiger partial charge >= 0.3 is 37.9 Å². The van der Waals surface area contributed by atoms with Gasteiger partial charge in [-0.05, 0) is 17.9 Å². The molecule has 0 fully saturated rings. The Morgan fingerprint density at radius 1 is 0.879 bits per heavy atom. The van der Waals surface area contributed by atoms with Crippen molar-refractivity contribution in [2.45, 2.75) is 85.2 Å². The summed E-state index contributed by atoms with van der Waals surface area (Å²) in [5.74, 6) is 0.616. The van der Waals surface area contributed by atoms with E-state index in [2.05, 4.69) is 103 Å². The molecule has 0 aromatic heterocycles. The predicted octanol–water partition coefficient (Wildman–Crippen LogP) is 9.16. The molecule has 1 atom stereocenters. The monoisotopic (exact) mass is 593 g/mol. The Morgan fingerprint density at radius 2 is 1.42 bits per heavy atom. The van der Waals surface area contributed by atoms with Crippen LogP contribution in [0.3, 0.4) is 0 Å². The molecule has 0 saturated carbocycles. The topological polar surface area (TPSA) is 0 Å². The third kappa shape index (κ3) is 7.47. The van der Waals surface area contributed by atoms with Gasteiger partial charge in [0.1, 0.15) is 0 Å². The van der Waals surface area contributed by atoms with E-state index >= 15 is 0 Å². The number of benzene rings is 2. The van der Waals surface area contributed by atoms with Gasteiger partial charge in [-0.1, -0.05) is 113 Å². The summed E-state index contributed by atoms with van der Waals surface area (Å²) >= 11 is -0.826. The van der Waals surface area contributed by atoms with Gasteiger partial charge in [-0.15, -0.1) is 34.5 Å². The van der Waals surface area contributed by atoms with Gasteiger partial charge in [0.15, 0.2) is 0 Å². The van der Waals surface area contributed by atoms with Crippen molar-refractivity contribution < 1.29 is 20.8 Å². The molecule has 5 heteroatoms. The third-order valence-corrected chi connectivity index (χ3v) is 10.7. The Balaban J connectivity index is 0.00000122. The molecule has 0 spiro atoms. The van der Waals surface area contributed by atoms with Gasteiger partial charge in [-0.3, -0.25) is 0 Å². The van der Waals surface area contributed by atoms with Crippen LogP contribution in [0.5, 0.6) is 0 Å². The maximum atomic E-state index is 4.93. The zero-order chi connectivity index (χ0) is 25.0. The molecule has 0 aliphatic rings. The first-order valence-electron chi connectivity index (χ1n) is 12.2.